The van der Waals surface area contributed by atoms with E-state index in [0.29, 0.717) is 5.02 Å². The molecule has 0 aromatic heterocycles. The molecule has 0 aliphatic rings. The number of halogens is 3. The molecular formula is C15H13ClF2O. The normalized spacial score (nSPS) is 12.4. The molecule has 0 amide bonds. The van der Waals surface area contributed by atoms with Crippen molar-refractivity contribution in [3.05, 3.63) is 70.2 Å². The van der Waals surface area contributed by atoms with Crippen molar-refractivity contribution in [2.45, 2.75) is 12.3 Å². The summed E-state index contributed by atoms with van der Waals surface area (Å²) >= 11 is 5.79. The van der Waals surface area contributed by atoms with Crippen molar-refractivity contribution in [1.82, 2.24) is 0 Å². The van der Waals surface area contributed by atoms with Crippen LogP contribution >= 0.6 is 11.6 Å². The number of aliphatic hydroxyl groups excluding tert-OH is 1. The summed E-state index contributed by atoms with van der Waals surface area (Å²) in [6, 6.07) is 10.6. The summed E-state index contributed by atoms with van der Waals surface area (Å²) in [5.74, 6) is -1.54. The molecule has 2 rings (SSSR count). The van der Waals surface area contributed by atoms with Crippen molar-refractivity contribution in [2.75, 3.05) is 6.61 Å². The predicted octanol–water partition coefficient (Wildman–Crippen LogP) is 3.94. The molecule has 1 nitrogen and oxygen atoms in total. The molecule has 1 N–H and O–H groups in total. The summed E-state index contributed by atoms with van der Waals surface area (Å²) in [6.45, 7) is -0.185. The van der Waals surface area contributed by atoms with Gasteiger partial charge in [0.05, 0.1) is 6.61 Å². The van der Waals surface area contributed by atoms with Crippen LogP contribution in [0.1, 0.15) is 17.0 Å². The summed E-state index contributed by atoms with van der Waals surface area (Å²) in [5.41, 5.74) is 0.797. The minimum Gasteiger partial charge on any atom is -0.396 e. The Morgan fingerprint density at radius 3 is 2.11 bits per heavy atom. The Labute approximate surface area is 115 Å². The summed E-state index contributed by atoms with van der Waals surface area (Å²) in [6.07, 6.45) is 0.108. The lowest BCUT2D eigenvalue weighted by Crippen LogP contribution is -2.10. The zero-order chi connectivity index (χ0) is 13.8. The predicted molar refractivity (Wildman–Crippen MR) is 71.3 cm³/mol. The van der Waals surface area contributed by atoms with E-state index in [9.17, 15) is 13.9 Å². The first-order valence-corrected chi connectivity index (χ1v) is 6.29. The van der Waals surface area contributed by atoms with Gasteiger partial charge in [0, 0.05) is 16.5 Å². The van der Waals surface area contributed by atoms with Gasteiger partial charge in [0.25, 0.3) is 0 Å². The SMILES string of the molecule is OCC(Cc1c(F)cccc1F)c1ccc(Cl)cc1. The number of hydrogen-bond acceptors (Lipinski definition) is 1. The first-order valence-electron chi connectivity index (χ1n) is 5.91. The van der Waals surface area contributed by atoms with E-state index in [2.05, 4.69) is 0 Å². The van der Waals surface area contributed by atoms with E-state index in [0.717, 1.165) is 5.56 Å². The number of rotatable bonds is 4. The third kappa shape index (κ3) is 3.31. The highest BCUT2D eigenvalue weighted by atomic mass is 35.5. The second-order valence-corrected chi connectivity index (χ2v) is 4.77. The minimum atomic E-state index is -0.590. The number of aliphatic hydroxyl groups is 1. The van der Waals surface area contributed by atoms with Crippen LogP contribution in [0.15, 0.2) is 42.5 Å². The van der Waals surface area contributed by atoms with Crippen molar-refractivity contribution in [1.29, 1.82) is 0 Å². The van der Waals surface area contributed by atoms with E-state index in [1.807, 2.05) is 0 Å². The molecule has 1 atom stereocenters. The fourth-order valence-corrected chi connectivity index (χ4v) is 2.12. The Morgan fingerprint density at radius 2 is 1.58 bits per heavy atom. The van der Waals surface area contributed by atoms with Gasteiger partial charge in [-0.2, -0.15) is 0 Å². The average molecular weight is 283 g/mol. The van der Waals surface area contributed by atoms with Gasteiger partial charge >= 0.3 is 0 Å². The standard InChI is InChI=1S/C15H13ClF2O/c16-12-6-4-10(5-7-12)11(9-19)8-13-14(17)2-1-3-15(13)18/h1-7,11,19H,8-9H2. The van der Waals surface area contributed by atoms with Gasteiger partial charge in [-0.25, -0.2) is 8.78 Å². The van der Waals surface area contributed by atoms with Crippen molar-refractivity contribution in [2.24, 2.45) is 0 Å². The molecule has 19 heavy (non-hydrogen) atoms. The monoisotopic (exact) mass is 282 g/mol. The van der Waals surface area contributed by atoms with Crippen LogP contribution in [0.4, 0.5) is 8.78 Å². The third-order valence-corrected chi connectivity index (χ3v) is 3.33. The Morgan fingerprint density at radius 1 is 1.00 bits per heavy atom. The van der Waals surface area contributed by atoms with Crippen LogP contribution in [0.2, 0.25) is 5.02 Å². The fraction of sp³-hybridized carbons (Fsp3) is 0.200. The molecule has 0 saturated carbocycles. The summed E-state index contributed by atoms with van der Waals surface area (Å²) in [7, 11) is 0. The first-order chi connectivity index (χ1) is 9.11. The Balaban J connectivity index is 2.26. The van der Waals surface area contributed by atoms with E-state index < -0.39 is 11.6 Å². The van der Waals surface area contributed by atoms with Gasteiger partial charge in [-0.15, -0.1) is 0 Å². The highest BCUT2D eigenvalue weighted by molar-refractivity contribution is 6.30. The second kappa shape index (κ2) is 6.13. The van der Waals surface area contributed by atoms with Gasteiger partial charge in [0.15, 0.2) is 0 Å². The quantitative estimate of drug-likeness (QED) is 0.901. The zero-order valence-electron chi connectivity index (χ0n) is 10.1. The summed E-state index contributed by atoms with van der Waals surface area (Å²) in [4.78, 5) is 0. The van der Waals surface area contributed by atoms with E-state index in [4.69, 9.17) is 11.6 Å². The zero-order valence-corrected chi connectivity index (χ0v) is 10.9. The van der Waals surface area contributed by atoms with Gasteiger partial charge in [-0.1, -0.05) is 29.8 Å². The summed E-state index contributed by atoms with van der Waals surface area (Å²) in [5, 5.41) is 10.00. The molecule has 100 valence electrons. The Hall–Kier alpha value is -1.45. The summed E-state index contributed by atoms with van der Waals surface area (Å²) < 4.78 is 27.2. The maximum Gasteiger partial charge on any atom is 0.129 e. The minimum absolute atomic E-state index is 0.00324. The average Bonchev–Trinajstić information content (AvgIpc) is 2.40. The molecule has 2 aromatic carbocycles. The maximum absolute atomic E-state index is 13.6. The third-order valence-electron chi connectivity index (χ3n) is 3.07. The van der Waals surface area contributed by atoms with E-state index in [-0.39, 0.29) is 24.5 Å². The second-order valence-electron chi connectivity index (χ2n) is 4.34. The molecule has 1 unspecified atom stereocenters. The van der Waals surface area contributed by atoms with Gasteiger partial charge in [0.1, 0.15) is 11.6 Å². The number of benzene rings is 2. The molecular weight excluding hydrogens is 270 g/mol. The lowest BCUT2D eigenvalue weighted by atomic mass is 9.92. The van der Waals surface area contributed by atoms with Gasteiger partial charge in [-0.3, -0.25) is 0 Å². The number of hydrogen-bond donors (Lipinski definition) is 1. The Bertz CT molecular complexity index is 534. The molecule has 4 heteroatoms. The molecule has 0 radical (unpaired) electrons. The lowest BCUT2D eigenvalue weighted by molar-refractivity contribution is 0.263. The van der Waals surface area contributed by atoms with Crippen LogP contribution in [-0.2, 0) is 6.42 Å². The lowest BCUT2D eigenvalue weighted by Gasteiger charge is -2.15. The molecule has 0 bridgehead atoms. The fourth-order valence-electron chi connectivity index (χ4n) is 2.00. The van der Waals surface area contributed by atoms with Crippen LogP contribution in [0.5, 0.6) is 0 Å². The molecule has 0 fully saturated rings. The first kappa shape index (κ1) is 14.0. The molecule has 0 saturated heterocycles. The van der Waals surface area contributed by atoms with Crippen molar-refractivity contribution >= 4 is 11.6 Å². The largest absolute Gasteiger partial charge is 0.396 e. The molecule has 0 spiro atoms. The van der Waals surface area contributed by atoms with E-state index in [1.54, 1.807) is 24.3 Å². The van der Waals surface area contributed by atoms with Gasteiger partial charge in [0.2, 0.25) is 0 Å². The molecule has 0 heterocycles. The van der Waals surface area contributed by atoms with E-state index >= 15 is 0 Å². The molecule has 0 aliphatic heterocycles. The van der Waals surface area contributed by atoms with Crippen molar-refractivity contribution in [3.63, 3.8) is 0 Å². The van der Waals surface area contributed by atoms with Crippen LogP contribution in [0, 0.1) is 11.6 Å². The van der Waals surface area contributed by atoms with Crippen LogP contribution < -0.4 is 0 Å². The van der Waals surface area contributed by atoms with Crippen LogP contribution in [0.3, 0.4) is 0 Å². The topological polar surface area (TPSA) is 20.2 Å². The Kier molecular flexibility index (Phi) is 4.51. The smallest absolute Gasteiger partial charge is 0.129 e. The van der Waals surface area contributed by atoms with Gasteiger partial charge < -0.3 is 5.11 Å². The molecule has 2 aromatic rings. The maximum atomic E-state index is 13.6. The van der Waals surface area contributed by atoms with Crippen molar-refractivity contribution < 1.29 is 13.9 Å². The molecule has 0 aliphatic carbocycles. The van der Waals surface area contributed by atoms with Gasteiger partial charge in [-0.05, 0) is 36.2 Å². The highest BCUT2D eigenvalue weighted by Gasteiger charge is 2.16. The van der Waals surface area contributed by atoms with Crippen molar-refractivity contribution in [3.8, 4) is 0 Å². The van der Waals surface area contributed by atoms with Crippen LogP contribution in [-0.4, -0.2) is 11.7 Å². The highest BCUT2D eigenvalue weighted by Crippen LogP contribution is 2.25. The van der Waals surface area contributed by atoms with E-state index in [1.165, 1.54) is 18.2 Å². The van der Waals surface area contributed by atoms with Crippen LogP contribution in [0.25, 0.3) is 0 Å².